The minimum Gasteiger partial charge on any atom is -0.336 e. The van der Waals surface area contributed by atoms with Gasteiger partial charge in [0.25, 0.3) is 5.91 Å². The molecule has 3 rings (SSSR count). The van der Waals surface area contributed by atoms with Crippen LogP contribution in [-0.4, -0.2) is 39.2 Å². The molecule has 0 spiro atoms. The lowest BCUT2D eigenvalue weighted by atomic mass is 10.1. The third-order valence-electron chi connectivity index (χ3n) is 4.40. The molecular formula is C19H22N4O4S. The number of nitrogens with one attached hydrogen (secondary N) is 3. The van der Waals surface area contributed by atoms with Crippen LogP contribution >= 0.6 is 0 Å². The van der Waals surface area contributed by atoms with Crippen molar-refractivity contribution in [2.45, 2.75) is 13.8 Å². The van der Waals surface area contributed by atoms with Crippen molar-refractivity contribution >= 4 is 39.0 Å². The molecule has 1 aliphatic rings. The number of amides is 3. The Labute approximate surface area is 164 Å². The Kier molecular flexibility index (Phi) is 5.55. The van der Waals surface area contributed by atoms with Gasteiger partial charge in [-0.3, -0.25) is 14.4 Å². The van der Waals surface area contributed by atoms with Crippen molar-refractivity contribution in [3.8, 4) is 0 Å². The van der Waals surface area contributed by atoms with E-state index in [-0.39, 0.29) is 17.7 Å². The van der Waals surface area contributed by atoms with E-state index in [1.165, 1.54) is 0 Å². The number of nitrogens with zero attached hydrogens (tertiary/aromatic N) is 1. The summed E-state index contributed by atoms with van der Waals surface area (Å²) in [6.45, 7) is 4.61. The van der Waals surface area contributed by atoms with Gasteiger partial charge >= 0.3 is 6.03 Å². The first-order chi connectivity index (χ1) is 13.3. The molecule has 2 aromatic rings. The van der Waals surface area contributed by atoms with E-state index in [0.717, 1.165) is 11.3 Å². The SMILES string of the molecule is CCS(=O)(=O)Nc1ccc(NC(=O)c2ccc(N3CCNC3=O)c(C)c2)cc1. The van der Waals surface area contributed by atoms with Crippen LogP contribution in [0, 0.1) is 6.92 Å². The monoisotopic (exact) mass is 402 g/mol. The van der Waals surface area contributed by atoms with Crippen LogP contribution in [-0.2, 0) is 10.0 Å². The molecule has 8 nitrogen and oxygen atoms in total. The number of benzene rings is 2. The van der Waals surface area contributed by atoms with Crippen LogP contribution in [0.5, 0.6) is 0 Å². The van der Waals surface area contributed by atoms with Crippen LogP contribution in [0.1, 0.15) is 22.8 Å². The lowest BCUT2D eigenvalue weighted by Gasteiger charge is -2.17. The molecule has 0 aliphatic carbocycles. The Morgan fingerprint density at radius 3 is 2.39 bits per heavy atom. The van der Waals surface area contributed by atoms with Crippen molar-refractivity contribution in [1.29, 1.82) is 0 Å². The topological polar surface area (TPSA) is 108 Å². The molecule has 1 fully saturated rings. The molecule has 1 heterocycles. The maximum Gasteiger partial charge on any atom is 0.322 e. The van der Waals surface area contributed by atoms with Gasteiger partial charge < -0.3 is 10.6 Å². The highest BCUT2D eigenvalue weighted by atomic mass is 32.2. The Morgan fingerprint density at radius 2 is 1.82 bits per heavy atom. The van der Waals surface area contributed by atoms with Gasteiger partial charge in [-0.25, -0.2) is 13.2 Å². The summed E-state index contributed by atoms with van der Waals surface area (Å²) in [5.74, 6) is -0.303. The highest BCUT2D eigenvalue weighted by Gasteiger charge is 2.23. The third kappa shape index (κ3) is 4.42. The molecule has 0 atom stereocenters. The standard InChI is InChI=1S/C19H22N4O4S/c1-3-28(26,27)22-16-7-5-15(6-8-16)21-18(24)14-4-9-17(13(2)12-14)23-11-10-20-19(23)25/h4-9,12,22H,3,10-11H2,1-2H3,(H,20,25)(H,21,24). The molecule has 148 valence electrons. The maximum absolute atomic E-state index is 12.5. The predicted molar refractivity (Wildman–Crippen MR) is 109 cm³/mol. The predicted octanol–water partition coefficient (Wildman–Crippen LogP) is 2.54. The van der Waals surface area contributed by atoms with E-state index in [0.29, 0.717) is 30.0 Å². The molecule has 9 heteroatoms. The number of rotatable bonds is 6. The van der Waals surface area contributed by atoms with Gasteiger partial charge in [0.05, 0.1) is 5.75 Å². The zero-order valence-corrected chi connectivity index (χ0v) is 16.5. The van der Waals surface area contributed by atoms with Gasteiger partial charge in [0, 0.05) is 35.7 Å². The molecule has 3 amide bonds. The van der Waals surface area contributed by atoms with Crippen molar-refractivity contribution < 1.29 is 18.0 Å². The van der Waals surface area contributed by atoms with Crippen molar-refractivity contribution in [1.82, 2.24) is 5.32 Å². The van der Waals surface area contributed by atoms with Crippen molar-refractivity contribution in [3.63, 3.8) is 0 Å². The third-order valence-corrected chi connectivity index (χ3v) is 5.71. The van der Waals surface area contributed by atoms with Crippen LogP contribution in [0.2, 0.25) is 0 Å². The molecule has 0 aromatic heterocycles. The zero-order valence-electron chi connectivity index (χ0n) is 15.7. The number of aryl methyl sites for hydroxylation is 1. The van der Waals surface area contributed by atoms with E-state index < -0.39 is 10.0 Å². The summed E-state index contributed by atoms with van der Waals surface area (Å²) >= 11 is 0. The molecule has 2 aromatic carbocycles. The first-order valence-corrected chi connectivity index (χ1v) is 10.5. The van der Waals surface area contributed by atoms with E-state index in [2.05, 4.69) is 15.4 Å². The summed E-state index contributed by atoms with van der Waals surface area (Å²) in [6.07, 6.45) is 0. The van der Waals surface area contributed by atoms with Crippen molar-refractivity contribution in [2.75, 3.05) is 33.8 Å². The second kappa shape index (κ2) is 7.89. The van der Waals surface area contributed by atoms with Gasteiger partial charge in [0.2, 0.25) is 10.0 Å². The average molecular weight is 402 g/mol. The van der Waals surface area contributed by atoms with Gasteiger partial charge in [-0.2, -0.15) is 0 Å². The van der Waals surface area contributed by atoms with Crippen LogP contribution in [0.25, 0.3) is 0 Å². The quantitative estimate of drug-likeness (QED) is 0.690. The second-order valence-corrected chi connectivity index (χ2v) is 8.43. The summed E-state index contributed by atoms with van der Waals surface area (Å²) in [5, 5.41) is 5.53. The number of hydrogen-bond donors (Lipinski definition) is 3. The molecule has 0 saturated carbocycles. The first-order valence-electron chi connectivity index (χ1n) is 8.87. The van der Waals surface area contributed by atoms with Gasteiger partial charge in [0.1, 0.15) is 0 Å². The van der Waals surface area contributed by atoms with Crippen LogP contribution in [0.4, 0.5) is 21.9 Å². The van der Waals surface area contributed by atoms with E-state index in [1.807, 2.05) is 6.92 Å². The summed E-state index contributed by atoms with van der Waals surface area (Å²) < 4.78 is 25.6. The number of sulfonamides is 1. The lowest BCUT2D eigenvalue weighted by molar-refractivity contribution is 0.102. The average Bonchev–Trinajstić information content (AvgIpc) is 3.08. The number of anilines is 3. The van der Waals surface area contributed by atoms with Gasteiger partial charge in [-0.05, 0) is 61.9 Å². The zero-order chi connectivity index (χ0) is 20.3. The van der Waals surface area contributed by atoms with Crippen LogP contribution < -0.4 is 20.3 Å². The summed E-state index contributed by atoms with van der Waals surface area (Å²) in [4.78, 5) is 26.0. The van der Waals surface area contributed by atoms with Crippen LogP contribution in [0.15, 0.2) is 42.5 Å². The Hall–Kier alpha value is -3.07. The number of hydrogen-bond acceptors (Lipinski definition) is 4. The highest BCUT2D eigenvalue weighted by molar-refractivity contribution is 7.92. The maximum atomic E-state index is 12.5. The molecule has 0 bridgehead atoms. The van der Waals surface area contributed by atoms with Gasteiger partial charge in [0.15, 0.2) is 0 Å². The highest BCUT2D eigenvalue weighted by Crippen LogP contribution is 2.23. The molecule has 1 saturated heterocycles. The Balaban J connectivity index is 1.69. The van der Waals surface area contributed by atoms with Gasteiger partial charge in [-0.1, -0.05) is 0 Å². The summed E-state index contributed by atoms with van der Waals surface area (Å²) in [6, 6.07) is 11.5. The fraction of sp³-hybridized carbons (Fsp3) is 0.263. The second-order valence-electron chi connectivity index (χ2n) is 6.42. The fourth-order valence-corrected chi connectivity index (χ4v) is 3.52. The number of carbonyl (C=O) groups is 2. The normalized spacial score (nSPS) is 13.9. The first kappa shape index (κ1) is 19.7. The van der Waals surface area contributed by atoms with E-state index >= 15 is 0 Å². The molecule has 3 N–H and O–H groups in total. The van der Waals surface area contributed by atoms with Gasteiger partial charge in [-0.15, -0.1) is 0 Å². The molecule has 1 aliphatic heterocycles. The number of carbonyl (C=O) groups excluding carboxylic acids is 2. The van der Waals surface area contributed by atoms with Crippen molar-refractivity contribution in [2.24, 2.45) is 0 Å². The molecule has 0 radical (unpaired) electrons. The summed E-state index contributed by atoms with van der Waals surface area (Å²) in [7, 11) is -3.34. The smallest absolute Gasteiger partial charge is 0.322 e. The molecular weight excluding hydrogens is 380 g/mol. The Bertz CT molecular complexity index is 1000. The minimum atomic E-state index is -3.34. The summed E-state index contributed by atoms with van der Waals surface area (Å²) in [5.41, 5.74) is 3.05. The molecule has 0 unspecified atom stereocenters. The lowest BCUT2D eigenvalue weighted by Crippen LogP contribution is -2.28. The van der Waals surface area contributed by atoms with E-state index in [9.17, 15) is 18.0 Å². The van der Waals surface area contributed by atoms with Crippen LogP contribution in [0.3, 0.4) is 0 Å². The van der Waals surface area contributed by atoms with E-state index in [1.54, 1.807) is 54.3 Å². The number of urea groups is 1. The fourth-order valence-electron chi connectivity index (χ4n) is 2.88. The molecule has 28 heavy (non-hydrogen) atoms. The Morgan fingerprint density at radius 1 is 1.14 bits per heavy atom. The largest absolute Gasteiger partial charge is 0.336 e. The van der Waals surface area contributed by atoms with E-state index in [4.69, 9.17) is 0 Å². The minimum absolute atomic E-state index is 0.0140. The van der Waals surface area contributed by atoms with Crippen molar-refractivity contribution in [3.05, 3.63) is 53.6 Å².